The van der Waals surface area contributed by atoms with Gasteiger partial charge in [-0.25, -0.2) is 9.37 Å². The standard InChI is InChI=1S/C12H12FN3O/c13-9-2-1-3-10-11(9)12(17)16(7-15-10)8-4-5-14-6-8/h1-3,7-8,14H,4-6H2. The average molecular weight is 233 g/mol. The Balaban J connectivity index is 2.25. The highest BCUT2D eigenvalue weighted by atomic mass is 19.1. The van der Waals surface area contributed by atoms with Crippen LogP contribution in [-0.4, -0.2) is 22.6 Å². The Hall–Kier alpha value is -1.75. The van der Waals surface area contributed by atoms with Crippen LogP contribution in [0, 0.1) is 5.82 Å². The summed E-state index contributed by atoms with van der Waals surface area (Å²) in [4.78, 5) is 16.3. The first-order valence-electron chi connectivity index (χ1n) is 5.63. The summed E-state index contributed by atoms with van der Waals surface area (Å²) in [5.41, 5.74) is 0.124. The molecular weight excluding hydrogens is 221 g/mol. The van der Waals surface area contributed by atoms with Crippen molar-refractivity contribution in [1.82, 2.24) is 14.9 Å². The third kappa shape index (κ3) is 1.63. The Morgan fingerprint density at radius 3 is 3.12 bits per heavy atom. The number of hydrogen-bond donors (Lipinski definition) is 1. The maximum absolute atomic E-state index is 13.6. The van der Waals surface area contributed by atoms with Crippen molar-refractivity contribution in [1.29, 1.82) is 0 Å². The van der Waals surface area contributed by atoms with Crippen LogP contribution < -0.4 is 10.9 Å². The molecule has 0 aliphatic carbocycles. The molecule has 0 radical (unpaired) electrons. The van der Waals surface area contributed by atoms with Gasteiger partial charge in [-0.2, -0.15) is 0 Å². The zero-order valence-corrected chi connectivity index (χ0v) is 9.19. The van der Waals surface area contributed by atoms with E-state index in [1.54, 1.807) is 12.1 Å². The number of rotatable bonds is 1. The van der Waals surface area contributed by atoms with Crippen molar-refractivity contribution < 1.29 is 4.39 Å². The predicted octanol–water partition coefficient (Wildman–Crippen LogP) is 1.07. The van der Waals surface area contributed by atoms with E-state index in [0.29, 0.717) is 5.52 Å². The molecule has 1 aromatic heterocycles. The molecule has 0 amide bonds. The van der Waals surface area contributed by atoms with Crippen LogP contribution in [-0.2, 0) is 0 Å². The molecule has 2 aromatic rings. The number of aromatic nitrogens is 2. The van der Waals surface area contributed by atoms with Crippen LogP contribution in [0.15, 0.2) is 29.3 Å². The van der Waals surface area contributed by atoms with Gasteiger partial charge in [-0.1, -0.05) is 6.07 Å². The number of benzene rings is 1. The Morgan fingerprint density at radius 1 is 1.47 bits per heavy atom. The van der Waals surface area contributed by atoms with E-state index in [-0.39, 0.29) is 17.0 Å². The first kappa shape index (κ1) is 10.4. The van der Waals surface area contributed by atoms with Crippen LogP contribution in [0.25, 0.3) is 10.9 Å². The van der Waals surface area contributed by atoms with Crippen molar-refractivity contribution in [3.05, 3.63) is 40.7 Å². The van der Waals surface area contributed by atoms with Crippen molar-refractivity contribution in [3.63, 3.8) is 0 Å². The maximum atomic E-state index is 13.6. The monoisotopic (exact) mass is 233 g/mol. The lowest BCUT2D eigenvalue weighted by molar-refractivity contribution is 0.523. The highest BCUT2D eigenvalue weighted by molar-refractivity contribution is 5.77. The maximum Gasteiger partial charge on any atom is 0.264 e. The van der Waals surface area contributed by atoms with E-state index in [1.807, 2.05) is 0 Å². The highest BCUT2D eigenvalue weighted by Crippen LogP contribution is 2.15. The average Bonchev–Trinajstić information content (AvgIpc) is 2.83. The lowest BCUT2D eigenvalue weighted by atomic mass is 10.2. The number of nitrogens with one attached hydrogen (secondary N) is 1. The molecule has 1 unspecified atom stereocenters. The topological polar surface area (TPSA) is 46.9 Å². The minimum absolute atomic E-state index is 0.0824. The predicted molar refractivity (Wildman–Crippen MR) is 62.5 cm³/mol. The van der Waals surface area contributed by atoms with Crippen LogP contribution in [0.3, 0.4) is 0 Å². The number of halogens is 1. The summed E-state index contributed by atoms with van der Waals surface area (Å²) in [6.45, 7) is 1.62. The second-order valence-corrected chi connectivity index (χ2v) is 4.24. The molecule has 1 atom stereocenters. The third-order valence-electron chi connectivity index (χ3n) is 3.19. The van der Waals surface area contributed by atoms with Gasteiger partial charge in [0, 0.05) is 6.54 Å². The summed E-state index contributed by atoms with van der Waals surface area (Å²) >= 11 is 0. The fourth-order valence-electron chi connectivity index (χ4n) is 2.27. The van der Waals surface area contributed by atoms with E-state index in [0.717, 1.165) is 19.5 Å². The molecule has 1 N–H and O–H groups in total. The van der Waals surface area contributed by atoms with Crippen molar-refractivity contribution in [2.24, 2.45) is 0 Å². The van der Waals surface area contributed by atoms with Crippen LogP contribution in [0.1, 0.15) is 12.5 Å². The Bertz CT molecular complexity index is 617. The SMILES string of the molecule is O=c1c2c(F)cccc2ncn1C1CCNC1. The fourth-order valence-corrected chi connectivity index (χ4v) is 2.27. The summed E-state index contributed by atoms with van der Waals surface area (Å²) in [5, 5.41) is 3.26. The van der Waals surface area contributed by atoms with Crippen LogP contribution in [0.2, 0.25) is 0 Å². The molecule has 3 rings (SSSR count). The number of nitrogens with zero attached hydrogens (tertiary/aromatic N) is 2. The molecule has 4 nitrogen and oxygen atoms in total. The molecule has 88 valence electrons. The molecule has 1 saturated heterocycles. The van der Waals surface area contributed by atoms with E-state index in [9.17, 15) is 9.18 Å². The van der Waals surface area contributed by atoms with Gasteiger partial charge in [0.2, 0.25) is 0 Å². The summed E-state index contributed by atoms with van der Waals surface area (Å²) in [6, 6.07) is 4.59. The summed E-state index contributed by atoms with van der Waals surface area (Å²) in [7, 11) is 0. The van der Waals surface area contributed by atoms with E-state index >= 15 is 0 Å². The first-order chi connectivity index (χ1) is 8.27. The molecule has 1 fully saturated rings. The summed E-state index contributed by atoms with van der Waals surface area (Å²) in [5.74, 6) is -0.500. The van der Waals surface area contributed by atoms with Crippen LogP contribution >= 0.6 is 0 Å². The van der Waals surface area contributed by atoms with E-state index in [4.69, 9.17) is 0 Å². The van der Waals surface area contributed by atoms with Gasteiger partial charge >= 0.3 is 0 Å². The molecule has 1 aliphatic heterocycles. The van der Waals surface area contributed by atoms with Crippen LogP contribution in [0.5, 0.6) is 0 Å². The molecule has 1 aromatic carbocycles. The van der Waals surface area contributed by atoms with Crippen LogP contribution in [0.4, 0.5) is 4.39 Å². The largest absolute Gasteiger partial charge is 0.315 e. The zero-order chi connectivity index (χ0) is 11.8. The smallest absolute Gasteiger partial charge is 0.264 e. The van der Waals surface area contributed by atoms with Gasteiger partial charge in [-0.15, -0.1) is 0 Å². The Kier molecular flexibility index (Phi) is 2.40. The number of hydrogen-bond acceptors (Lipinski definition) is 3. The van der Waals surface area contributed by atoms with Gasteiger partial charge in [0.1, 0.15) is 11.2 Å². The van der Waals surface area contributed by atoms with Gasteiger partial charge in [0.05, 0.1) is 17.9 Å². The lowest BCUT2D eigenvalue weighted by Crippen LogP contribution is -2.27. The third-order valence-corrected chi connectivity index (χ3v) is 3.19. The van der Waals surface area contributed by atoms with Crippen molar-refractivity contribution in [3.8, 4) is 0 Å². The molecule has 0 bridgehead atoms. The second-order valence-electron chi connectivity index (χ2n) is 4.24. The number of fused-ring (bicyclic) bond motifs is 1. The quantitative estimate of drug-likeness (QED) is 0.801. The van der Waals surface area contributed by atoms with E-state index < -0.39 is 5.82 Å². The van der Waals surface area contributed by atoms with Crippen molar-refractivity contribution in [2.75, 3.05) is 13.1 Å². The normalized spacial score (nSPS) is 19.9. The van der Waals surface area contributed by atoms with Crippen molar-refractivity contribution in [2.45, 2.75) is 12.5 Å². The molecule has 1 aliphatic rings. The van der Waals surface area contributed by atoms with Gasteiger partial charge in [-0.05, 0) is 25.1 Å². The Morgan fingerprint density at radius 2 is 2.35 bits per heavy atom. The summed E-state index contributed by atoms with van der Waals surface area (Å²) < 4.78 is 15.2. The van der Waals surface area contributed by atoms with Gasteiger partial charge < -0.3 is 5.32 Å². The molecule has 2 heterocycles. The van der Waals surface area contributed by atoms with Gasteiger partial charge in [0.25, 0.3) is 5.56 Å². The first-order valence-corrected chi connectivity index (χ1v) is 5.63. The van der Waals surface area contributed by atoms with E-state index in [1.165, 1.54) is 17.0 Å². The van der Waals surface area contributed by atoms with E-state index in [2.05, 4.69) is 10.3 Å². The molecule has 0 spiro atoms. The second kappa shape index (κ2) is 3.92. The minimum Gasteiger partial charge on any atom is -0.315 e. The highest BCUT2D eigenvalue weighted by Gasteiger charge is 2.19. The minimum atomic E-state index is -0.500. The Labute approximate surface area is 97.1 Å². The zero-order valence-electron chi connectivity index (χ0n) is 9.19. The van der Waals surface area contributed by atoms with Gasteiger partial charge in [0.15, 0.2) is 0 Å². The lowest BCUT2D eigenvalue weighted by Gasteiger charge is -2.12. The van der Waals surface area contributed by atoms with Crippen molar-refractivity contribution >= 4 is 10.9 Å². The molecular formula is C12H12FN3O. The molecule has 0 saturated carbocycles. The molecule has 17 heavy (non-hydrogen) atoms. The molecule has 5 heteroatoms. The fraction of sp³-hybridized carbons (Fsp3) is 0.333. The summed E-state index contributed by atoms with van der Waals surface area (Å²) in [6.07, 6.45) is 2.39. The van der Waals surface area contributed by atoms with Gasteiger partial charge in [-0.3, -0.25) is 9.36 Å².